The van der Waals surface area contributed by atoms with E-state index in [4.69, 9.17) is 24.5 Å². The van der Waals surface area contributed by atoms with Crippen LogP contribution in [-0.2, 0) is 49.1 Å². The molecule has 348 valence electrons. The van der Waals surface area contributed by atoms with Gasteiger partial charge in [0.15, 0.2) is 23.0 Å². The van der Waals surface area contributed by atoms with Crippen molar-refractivity contribution in [3.05, 3.63) is 118 Å². The molecule has 10 rings (SSSR count). The highest BCUT2D eigenvalue weighted by molar-refractivity contribution is 6.04. The first-order chi connectivity index (χ1) is 32.0. The van der Waals surface area contributed by atoms with Crippen molar-refractivity contribution in [2.45, 2.75) is 109 Å². The smallest absolute Gasteiger partial charge is 0.235 e. The molecule has 2 saturated carbocycles. The van der Waals surface area contributed by atoms with Crippen molar-refractivity contribution in [2.75, 3.05) is 37.3 Å². The van der Waals surface area contributed by atoms with Crippen molar-refractivity contribution < 1.29 is 33.3 Å². The fraction of sp³-hybridized carbons (Fsp3) is 0.404. The summed E-state index contributed by atoms with van der Waals surface area (Å²) in [5.74, 6) is 2.82. The van der Waals surface area contributed by atoms with Crippen LogP contribution >= 0.6 is 0 Å². The van der Waals surface area contributed by atoms with Gasteiger partial charge >= 0.3 is 0 Å². The summed E-state index contributed by atoms with van der Waals surface area (Å²) < 4.78 is 26.3. The summed E-state index contributed by atoms with van der Waals surface area (Å²) >= 11 is 0. The summed E-state index contributed by atoms with van der Waals surface area (Å²) in [7, 11) is 0. The summed E-state index contributed by atoms with van der Waals surface area (Å²) in [5.41, 5.74) is 15.5. The van der Waals surface area contributed by atoms with Gasteiger partial charge in [-0.15, -0.1) is 0 Å². The number of hydrogen-bond acceptors (Lipinski definition) is 8. The number of anilines is 2. The number of ether oxygens (including phenoxy) is 4. The predicted octanol–water partition coefficient (Wildman–Crippen LogP) is 10.1. The monoisotopic (exact) mass is 906 g/mol. The molecule has 4 aromatic carbocycles. The number of fused-ring (bicyclic) bond motifs is 4. The SMILES string of the molecule is CC(=O)NCCn1c(C(C)(C)C)cc2cc(NC(=O)C3(c4ccc5c(c4)OCO5)CC3)ccc21.CC(C)(C)c1cc2cc(NC(=O)C3(c4ccc5c(c4)OCO5)CC3)ccc2n1CCN=[N+]=[N-]. The van der Waals surface area contributed by atoms with Crippen molar-refractivity contribution in [2.24, 2.45) is 5.11 Å². The highest BCUT2D eigenvalue weighted by Crippen LogP contribution is 2.52. The van der Waals surface area contributed by atoms with Crippen molar-refractivity contribution in [1.82, 2.24) is 14.5 Å². The van der Waals surface area contributed by atoms with Gasteiger partial charge in [0.2, 0.25) is 31.3 Å². The Labute approximate surface area is 389 Å². The zero-order valence-electron chi connectivity index (χ0n) is 39.2. The summed E-state index contributed by atoms with van der Waals surface area (Å²) in [6.07, 6.45) is 3.25. The summed E-state index contributed by atoms with van der Waals surface area (Å²) in [6, 6.07) is 27.9. The molecule has 4 heterocycles. The molecule has 0 spiro atoms. The van der Waals surface area contributed by atoms with Gasteiger partial charge in [-0.1, -0.05) is 58.8 Å². The lowest BCUT2D eigenvalue weighted by molar-refractivity contribution is -0.119. The molecular weight excluding hydrogens is 849 g/mol. The molecule has 0 bridgehead atoms. The Balaban J connectivity index is 0.000000168. The molecule has 3 amide bonds. The maximum absolute atomic E-state index is 13.3. The Morgan fingerprint density at radius 3 is 1.49 bits per heavy atom. The third-order valence-corrected chi connectivity index (χ3v) is 13.3. The lowest BCUT2D eigenvalue weighted by Gasteiger charge is -2.22. The second-order valence-electron chi connectivity index (χ2n) is 20.1. The maximum atomic E-state index is 13.3. The Hall–Kier alpha value is -7.12. The van der Waals surface area contributed by atoms with Crippen LogP contribution in [-0.4, -0.2) is 53.5 Å². The van der Waals surface area contributed by atoms with Gasteiger partial charge in [0.25, 0.3) is 0 Å². The van der Waals surface area contributed by atoms with Gasteiger partial charge in [0.05, 0.1) is 10.8 Å². The Kier molecular flexibility index (Phi) is 11.6. The normalized spacial score (nSPS) is 15.9. The molecule has 3 N–H and O–H groups in total. The summed E-state index contributed by atoms with van der Waals surface area (Å²) in [5, 5.41) is 15.0. The van der Waals surface area contributed by atoms with Crippen LogP contribution < -0.4 is 34.9 Å². The fourth-order valence-electron chi connectivity index (χ4n) is 9.39. The second-order valence-corrected chi connectivity index (χ2v) is 20.1. The van der Waals surface area contributed by atoms with Gasteiger partial charge in [0, 0.05) is 93.4 Å². The van der Waals surface area contributed by atoms with Crippen molar-refractivity contribution in [3.63, 3.8) is 0 Å². The predicted molar refractivity (Wildman–Crippen MR) is 258 cm³/mol. The van der Waals surface area contributed by atoms with E-state index >= 15 is 0 Å². The van der Waals surface area contributed by atoms with E-state index in [9.17, 15) is 14.4 Å². The van der Waals surface area contributed by atoms with Crippen molar-refractivity contribution >= 4 is 50.9 Å². The minimum atomic E-state index is -0.520. The zero-order chi connectivity index (χ0) is 47.3. The van der Waals surface area contributed by atoms with Crippen LogP contribution in [0.1, 0.15) is 96.7 Å². The number of carbonyl (C=O) groups is 3. The van der Waals surface area contributed by atoms with E-state index < -0.39 is 10.8 Å². The lowest BCUT2D eigenvalue weighted by Crippen LogP contribution is -2.27. The molecule has 0 atom stereocenters. The Morgan fingerprint density at radius 2 is 1.07 bits per heavy atom. The molecule has 6 aromatic rings. The van der Waals surface area contributed by atoms with Crippen LogP contribution in [0.5, 0.6) is 23.0 Å². The molecule has 2 aliphatic heterocycles. The molecule has 2 fully saturated rings. The number of azide groups is 1. The van der Waals surface area contributed by atoms with Gasteiger partial charge < -0.3 is 44.0 Å². The molecule has 15 heteroatoms. The highest BCUT2D eigenvalue weighted by atomic mass is 16.7. The van der Waals surface area contributed by atoms with Crippen LogP contribution in [0, 0.1) is 0 Å². The average Bonchev–Trinajstić information content (AvgIpc) is 4.04. The topological polar surface area (TPSA) is 183 Å². The van der Waals surface area contributed by atoms with E-state index in [0.717, 1.165) is 87.2 Å². The first kappa shape index (κ1) is 45.1. The third-order valence-electron chi connectivity index (χ3n) is 13.3. The minimum Gasteiger partial charge on any atom is -0.454 e. The number of carbonyl (C=O) groups excluding carboxylic acids is 3. The van der Waals surface area contributed by atoms with Gasteiger partial charge in [-0.05, 0) is 115 Å². The van der Waals surface area contributed by atoms with Crippen molar-refractivity contribution in [3.8, 4) is 23.0 Å². The number of nitrogens with zero attached hydrogens (tertiary/aromatic N) is 5. The standard InChI is InChI=1S/C27H31N3O4.C25H27N5O3/c1-17(31)28-11-12-30-21-7-6-20(13-18(21)14-24(30)26(2,3)4)29-25(32)27(9-10-27)19-5-8-22-23(15-19)34-16-33-22;1-24(2,3)22-13-16-12-18(5-6-19(16)30(22)11-10-27-29-26)28-23(31)25(8-9-25)17-4-7-20-21(14-17)33-15-32-20/h5-8,13-15H,9-12,16H2,1-4H3,(H,28,31)(H,29,32);4-7,12-14H,8-11,15H2,1-3H3,(H,28,31). The van der Waals surface area contributed by atoms with Crippen molar-refractivity contribution in [1.29, 1.82) is 0 Å². The summed E-state index contributed by atoms with van der Waals surface area (Å²) in [6.45, 7) is 17.3. The molecule has 0 saturated heterocycles. The Morgan fingerprint density at radius 1 is 0.627 bits per heavy atom. The van der Waals surface area contributed by atoms with Crippen LogP contribution in [0.15, 0.2) is 90.0 Å². The average molecular weight is 907 g/mol. The fourth-order valence-corrected chi connectivity index (χ4v) is 9.39. The first-order valence-electron chi connectivity index (χ1n) is 23.0. The molecule has 0 unspecified atom stereocenters. The highest BCUT2D eigenvalue weighted by Gasteiger charge is 2.52. The number of rotatable bonds is 12. The number of benzene rings is 4. The molecule has 0 radical (unpaired) electrons. The Bertz CT molecular complexity index is 2980. The minimum absolute atomic E-state index is 0.000417. The molecule has 2 aliphatic carbocycles. The van der Waals surface area contributed by atoms with E-state index in [1.165, 1.54) is 12.6 Å². The lowest BCUT2D eigenvalue weighted by atomic mass is 9.92. The molecular formula is C52H58N8O7. The second kappa shape index (κ2) is 17.3. The summed E-state index contributed by atoms with van der Waals surface area (Å²) in [4.78, 5) is 40.9. The van der Waals surface area contributed by atoms with Crippen LogP contribution in [0.3, 0.4) is 0 Å². The van der Waals surface area contributed by atoms with Crippen LogP contribution in [0.2, 0.25) is 0 Å². The number of hydrogen-bond donors (Lipinski definition) is 3. The van der Waals surface area contributed by atoms with Gasteiger partial charge in [0.1, 0.15) is 0 Å². The number of aromatic nitrogens is 2. The van der Waals surface area contributed by atoms with E-state index in [-0.39, 0.29) is 42.1 Å². The van der Waals surface area contributed by atoms with E-state index in [1.807, 2.05) is 72.8 Å². The van der Waals surface area contributed by atoms with Gasteiger partial charge in [-0.25, -0.2) is 0 Å². The van der Waals surface area contributed by atoms with Gasteiger partial charge in [-0.3, -0.25) is 14.4 Å². The van der Waals surface area contributed by atoms with Gasteiger partial charge in [-0.2, -0.15) is 0 Å². The van der Waals surface area contributed by atoms with E-state index in [0.29, 0.717) is 37.7 Å². The van der Waals surface area contributed by atoms with Crippen LogP contribution in [0.25, 0.3) is 32.2 Å². The molecule has 4 aliphatic rings. The molecule has 15 nitrogen and oxygen atoms in total. The zero-order valence-corrected chi connectivity index (χ0v) is 39.2. The number of amides is 3. The molecule has 2 aromatic heterocycles. The third kappa shape index (κ3) is 8.95. The van der Waals surface area contributed by atoms with E-state index in [1.54, 1.807) is 0 Å². The number of nitrogens with one attached hydrogen (secondary N) is 3. The largest absolute Gasteiger partial charge is 0.454 e. The van der Waals surface area contributed by atoms with E-state index in [2.05, 4.69) is 88.8 Å². The van der Waals surface area contributed by atoms with Crippen LogP contribution in [0.4, 0.5) is 11.4 Å². The first-order valence-corrected chi connectivity index (χ1v) is 23.0. The molecule has 67 heavy (non-hydrogen) atoms. The maximum Gasteiger partial charge on any atom is 0.235 e. The quantitative estimate of drug-likeness (QED) is 0.0620.